The smallest absolute Gasteiger partial charge is 0.321 e. The Morgan fingerprint density at radius 2 is 1.73 bits per heavy atom. The Labute approximate surface area is 161 Å². The van der Waals surface area contributed by atoms with Crippen LogP contribution in [0, 0.1) is 0 Å². The molecule has 1 unspecified atom stereocenters. The second-order valence-corrected chi connectivity index (χ2v) is 9.11. The van der Waals surface area contributed by atoms with E-state index in [1.54, 1.807) is 0 Å². The van der Waals surface area contributed by atoms with Crippen LogP contribution >= 0.6 is 11.8 Å². The standard InChI is InChI=1S/C22H28N2OS/c1-22(2,3)18-9-11-19(12-10-18)23-21(25)24-14-13-20(26-16-15-24)17-7-5-4-6-8-17/h4-12,20H,13-16H2,1-3H3,(H,23,25). The predicted molar refractivity (Wildman–Crippen MR) is 112 cm³/mol. The van der Waals surface area contributed by atoms with Crippen molar-refractivity contribution in [1.29, 1.82) is 0 Å². The van der Waals surface area contributed by atoms with E-state index in [-0.39, 0.29) is 11.4 Å². The van der Waals surface area contributed by atoms with Gasteiger partial charge in [-0.25, -0.2) is 4.79 Å². The van der Waals surface area contributed by atoms with Crippen molar-refractivity contribution in [3.8, 4) is 0 Å². The predicted octanol–water partition coefficient (Wildman–Crippen LogP) is 5.70. The van der Waals surface area contributed by atoms with E-state index in [4.69, 9.17) is 0 Å². The zero-order chi connectivity index (χ0) is 18.6. The lowest BCUT2D eigenvalue weighted by atomic mass is 9.87. The minimum atomic E-state index is 0.00261. The Hall–Kier alpha value is -1.94. The summed E-state index contributed by atoms with van der Waals surface area (Å²) < 4.78 is 0. The number of nitrogens with zero attached hydrogens (tertiary/aromatic N) is 1. The fraction of sp³-hybridized carbons (Fsp3) is 0.409. The number of rotatable bonds is 2. The van der Waals surface area contributed by atoms with E-state index in [2.05, 4.69) is 68.6 Å². The lowest BCUT2D eigenvalue weighted by Crippen LogP contribution is -2.36. The third kappa shape index (κ3) is 4.82. The molecule has 2 aromatic carbocycles. The van der Waals surface area contributed by atoms with Crippen LogP contribution in [-0.2, 0) is 5.41 Å². The van der Waals surface area contributed by atoms with Gasteiger partial charge in [-0.2, -0.15) is 11.8 Å². The number of carbonyl (C=O) groups is 1. The molecule has 1 aliphatic rings. The molecule has 1 fully saturated rings. The highest BCUT2D eigenvalue weighted by Gasteiger charge is 2.22. The zero-order valence-electron chi connectivity index (χ0n) is 15.9. The van der Waals surface area contributed by atoms with Crippen LogP contribution in [0.3, 0.4) is 0 Å². The van der Waals surface area contributed by atoms with Gasteiger partial charge in [0.25, 0.3) is 0 Å². The van der Waals surface area contributed by atoms with Gasteiger partial charge >= 0.3 is 6.03 Å². The lowest BCUT2D eigenvalue weighted by molar-refractivity contribution is 0.215. The molecular formula is C22H28N2OS. The monoisotopic (exact) mass is 368 g/mol. The summed E-state index contributed by atoms with van der Waals surface area (Å²) in [5, 5.41) is 3.52. The van der Waals surface area contributed by atoms with Crippen molar-refractivity contribution in [2.75, 3.05) is 24.2 Å². The largest absolute Gasteiger partial charge is 0.324 e. The number of anilines is 1. The van der Waals surface area contributed by atoms with Crippen LogP contribution in [0.15, 0.2) is 54.6 Å². The number of benzene rings is 2. The zero-order valence-corrected chi connectivity index (χ0v) is 16.7. The number of hydrogen-bond acceptors (Lipinski definition) is 2. The van der Waals surface area contributed by atoms with Crippen LogP contribution in [-0.4, -0.2) is 29.8 Å². The highest BCUT2D eigenvalue weighted by atomic mass is 32.2. The highest BCUT2D eigenvalue weighted by molar-refractivity contribution is 7.99. The summed E-state index contributed by atoms with van der Waals surface area (Å²) >= 11 is 1.95. The van der Waals surface area contributed by atoms with Gasteiger partial charge in [0.2, 0.25) is 0 Å². The minimum absolute atomic E-state index is 0.00261. The fourth-order valence-electron chi connectivity index (χ4n) is 3.16. The molecule has 0 aliphatic carbocycles. The van der Waals surface area contributed by atoms with Crippen LogP contribution in [0.4, 0.5) is 10.5 Å². The van der Waals surface area contributed by atoms with Gasteiger partial charge in [-0.15, -0.1) is 0 Å². The second-order valence-electron chi connectivity index (χ2n) is 7.80. The third-order valence-corrected chi connectivity index (χ3v) is 6.13. The molecule has 1 saturated heterocycles. The Kier molecular flexibility index (Phi) is 5.92. The molecule has 26 heavy (non-hydrogen) atoms. The summed E-state index contributed by atoms with van der Waals surface area (Å²) in [5.41, 5.74) is 3.61. The average Bonchev–Trinajstić information content (AvgIpc) is 2.88. The van der Waals surface area contributed by atoms with Crippen LogP contribution in [0.5, 0.6) is 0 Å². The number of nitrogens with one attached hydrogen (secondary N) is 1. The van der Waals surface area contributed by atoms with Crippen LogP contribution in [0.1, 0.15) is 43.6 Å². The first kappa shape index (κ1) is 18.8. The molecule has 1 heterocycles. The summed E-state index contributed by atoms with van der Waals surface area (Å²) in [7, 11) is 0. The molecule has 1 N–H and O–H groups in total. The SMILES string of the molecule is CC(C)(C)c1ccc(NC(=O)N2CCSC(c3ccccc3)CC2)cc1. The Bertz CT molecular complexity index is 722. The van der Waals surface area contributed by atoms with Crippen molar-refractivity contribution in [2.45, 2.75) is 37.9 Å². The summed E-state index contributed by atoms with van der Waals surface area (Å²) in [5.74, 6) is 0.968. The van der Waals surface area contributed by atoms with Crippen LogP contribution in [0.2, 0.25) is 0 Å². The first-order valence-electron chi connectivity index (χ1n) is 9.26. The number of amides is 2. The van der Waals surface area contributed by atoms with Gasteiger partial charge < -0.3 is 10.2 Å². The van der Waals surface area contributed by atoms with Gasteiger partial charge in [0, 0.05) is 29.8 Å². The molecular weight excluding hydrogens is 340 g/mol. The van der Waals surface area contributed by atoms with Crippen molar-refractivity contribution in [3.05, 3.63) is 65.7 Å². The Morgan fingerprint density at radius 3 is 2.38 bits per heavy atom. The number of thioether (sulfide) groups is 1. The maximum absolute atomic E-state index is 12.7. The third-order valence-electron chi connectivity index (χ3n) is 4.80. The normalized spacial score (nSPS) is 18.3. The van der Waals surface area contributed by atoms with E-state index >= 15 is 0 Å². The van der Waals surface area contributed by atoms with E-state index in [0.717, 1.165) is 31.0 Å². The summed E-state index contributed by atoms with van der Waals surface area (Å²) in [6, 6.07) is 18.8. The van der Waals surface area contributed by atoms with Crippen molar-refractivity contribution in [3.63, 3.8) is 0 Å². The molecule has 0 radical (unpaired) electrons. The first-order valence-corrected chi connectivity index (χ1v) is 10.3. The quantitative estimate of drug-likeness (QED) is 0.738. The van der Waals surface area contributed by atoms with Crippen molar-refractivity contribution in [2.24, 2.45) is 0 Å². The van der Waals surface area contributed by atoms with E-state index in [0.29, 0.717) is 5.25 Å². The average molecular weight is 369 g/mol. The topological polar surface area (TPSA) is 32.3 Å². The van der Waals surface area contributed by atoms with Crippen LogP contribution in [0.25, 0.3) is 0 Å². The highest BCUT2D eigenvalue weighted by Crippen LogP contribution is 2.34. The van der Waals surface area contributed by atoms with E-state index in [1.165, 1.54) is 11.1 Å². The van der Waals surface area contributed by atoms with Gasteiger partial charge in [-0.1, -0.05) is 63.2 Å². The molecule has 0 bridgehead atoms. The first-order chi connectivity index (χ1) is 12.4. The Morgan fingerprint density at radius 1 is 1.04 bits per heavy atom. The van der Waals surface area contributed by atoms with Gasteiger partial charge in [0.05, 0.1) is 0 Å². The molecule has 0 spiro atoms. The second kappa shape index (κ2) is 8.17. The van der Waals surface area contributed by atoms with Gasteiger partial charge in [-0.05, 0) is 35.1 Å². The summed E-state index contributed by atoms with van der Waals surface area (Å²) in [4.78, 5) is 14.6. The maximum atomic E-state index is 12.7. The number of carbonyl (C=O) groups excluding carboxylic acids is 1. The molecule has 2 amide bonds. The van der Waals surface area contributed by atoms with E-state index < -0.39 is 0 Å². The van der Waals surface area contributed by atoms with Crippen molar-refractivity contribution in [1.82, 2.24) is 4.90 Å². The van der Waals surface area contributed by atoms with E-state index in [1.807, 2.05) is 28.8 Å². The minimum Gasteiger partial charge on any atom is -0.324 e. The maximum Gasteiger partial charge on any atom is 0.321 e. The molecule has 4 heteroatoms. The number of urea groups is 1. The lowest BCUT2D eigenvalue weighted by Gasteiger charge is -2.22. The van der Waals surface area contributed by atoms with Crippen molar-refractivity contribution >= 4 is 23.5 Å². The number of hydrogen-bond donors (Lipinski definition) is 1. The molecule has 0 aromatic heterocycles. The fourth-order valence-corrected chi connectivity index (χ4v) is 4.40. The van der Waals surface area contributed by atoms with Gasteiger partial charge in [0.1, 0.15) is 0 Å². The van der Waals surface area contributed by atoms with Crippen LogP contribution < -0.4 is 5.32 Å². The molecule has 0 saturated carbocycles. The van der Waals surface area contributed by atoms with Crippen molar-refractivity contribution < 1.29 is 4.79 Å². The van der Waals surface area contributed by atoms with Gasteiger partial charge in [-0.3, -0.25) is 0 Å². The molecule has 1 aliphatic heterocycles. The molecule has 138 valence electrons. The molecule has 3 rings (SSSR count). The molecule has 2 aromatic rings. The molecule has 1 atom stereocenters. The van der Waals surface area contributed by atoms with Gasteiger partial charge in [0.15, 0.2) is 0 Å². The molecule has 3 nitrogen and oxygen atoms in total. The summed E-state index contributed by atoms with van der Waals surface area (Å²) in [6.07, 6.45) is 0.991. The Balaban J connectivity index is 1.58. The summed E-state index contributed by atoms with van der Waals surface area (Å²) in [6.45, 7) is 8.16. The van der Waals surface area contributed by atoms with E-state index in [9.17, 15) is 4.79 Å².